The van der Waals surface area contributed by atoms with E-state index < -0.39 is 0 Å². The first-order valence-corrected chi connectivity index (χ1v) is 13.1. The van der Waals surface area contributed by atoms with Gasteiger partial charge in [-0.1, -0.05) is 35.5 Å². The highest BCUT2D eigenvalue weighted by Gasteiger charge is 2.22. The van der Waals surface area contributed by atoms with Gasteiger partial charge in [-0.05, 0) is 43.3 Å². The highest BCUT2D eigenvalue weighted by Crippen LogP contribution is 2.35. The fraction of sp³-hybridized carbons (Fsp3) is 0.250. The second-order valence-corrected chi connectivity index (χ2v) is 10.4. The molecule has 9 heteroatoms. The Hall–Kier alpha value is -2.75. The number of thiazole rings is 1. The molecule has 0 bridgehead atoms. The second kappa shape index (κ2) is 9.62. The van der Waals surface area contributed by atoms with Gasteiger partial charge in [0.15, 0.2) is 10.3 Å². The molecule has 0 aliphatic heterocycles. The molecule has 0 saturated carbocycles. The number of benzene rings is 1. The van der Waals surface area contributed by atoms with Crippen LogP contribution in [0.1, 0.15) is 29.3 Å². The van der Waals surface area contributed by atoms with Crippen molar-refractivity contribution in [3.05, 3.63) is 74.4 Å². The Morgan fingerprint density at radius 2 is 1.94 bits per heavy atom. The Labute approximate surface area is 204 Å². The number of hydrogen-bond acceptors (Lipinski definition) is 7. The van der Waals surface area contributed by atoms with Gasteiger partial charge >= 0.3 is 0 Å². The van der Waals surface area contributed by atoms with E-state index in [2.05, 4.69) is 23.7 Å². The fourth-order valence-corrected chi connectivity index (χ4v) is 6.50. The zero-order valence-electron chi connectivity index (χ0n) is 18.9. The Balaban J connectivity index is 1.63. The van der Waals surface area contributed by atoms with Crippen molar-refractivity contribution < 1.29 is 4.79 Å². The summed E-state index contributed by atoms with van der Waals surface area (Å²) < 4.78 is 2.29. The van der Waals surface area contributed by atoms with Crippen LogP contribution in [0.15, 0.2) is 51.6 Å². The van der Waals surface area contributed by atoms with E-state index >= 15 is 0 Å². The molecule has 0 spiro atoms. The van der Waals surface area contributed by atoms with Crippen molar-refractivity contribution in [2.75, 3.05) is 4.90 Å². The first kappa shape index (κ1) is 23.4. The van der Waals surface area contributed by atoms with Crippen molar-refractivity contribution in [3.63, 3.8) is 0 Å². The molecule has 0 radical (unpaired) electrons. The van der Waals surface area contributed by atoms with Crippen LogP contribution in [0.3, 0.4) is 0 Å². The summed E-state index contributed by atoms with van der Waals surface area (Å²) >= 11 is 4.30. The van der Waals surface area contributed by atoms with E-state index in [4.69, 9.17) is 4.98 Å². The molecule has 0 atom stereocenters. The number of carbonyl (C=O) groups excluding carboxylic acids is 1. The Morgan fingerprint density at radius 1 is 1.21 bits per heavy atom. The van der Waals surface area contributed by atoms with E-state index in [0.717, 1.165) is 28.1 Å². The first-order valence-electron chi connectivity index (χ1n) is 10.3. The molecule has 33 heavy (non-hydrogen) atoms. The molecule has 3 heterocycles. The van der Waals surface area contributed by atoms with Crippen LogP contribution in [-0.4, -0.2) is 20.4 Å². The minimum atomic E-state index is -0.0806. The number of anilines is 2. The van der Waals surface area contributed by atoms with Gasteiger partial charge in [0.2, 0.25) is 5.91 Å². The molecule has 170 valence electrons. The summed E-state index contributed by atoms with van der Waals surface area (Å²) in [6.07, 6.45) is 1.70. The van der Waals surface area contributed by atoms with Crippen LogP contribution in [0.4, 0.5) is 10.8 Å². The van der Waals surface area contributed by atoms with Crippen molar-refractivity contribution >= 4 is 61.4 Å². The molecule has 0 saturated heterocycles. The number of fused-ring (bicyclic) bond motifs is 1. The number of aryl methyl sites for hydroxylation is 3. The molecule has 1 aromatic carbocycles. The number of thioether (sulfide) groups is 1. The number of rotatable bonds is 7. The van der Waals surface area contributed by atoms with Crippen molar-refractivity contribution in [3.8, 4) is 0 Å². The largest absolute Gasteiger partial charge is 0.282 e. The van der Waals surface area contributed by atoms with Crippen LogP contribution in [-0.2, 0) is 17.1 Å². The van der Waals surface area contributed by atoms with Gasteiger partial charge in [0, 0.05) is 24.6 Å². The smallest absolute Gasteiger partial charge is 0.272 e. The van der Waals surface area contributed by atoms with E-state index in [0.29, 0.717) is 32.8 Å². The van der Waals surface area contributed by atoms with E-state index in [1.165, 1.54) is 34.4 Å². The Morgan fingerprint density at radius 3 is 2.61 bits per heavy atom. The van der Waals surface area contributed by atoms with Gasteiger partial charge in [-0.25, -0.2) is 9.97 Å². The van der Waals surface area contributed by atoms with Gasteiger partial charge in [-0.2, -0.15) is 0 Å². The fourth-order valence-electron chi connectivity index (χ4n) is 3.84. The summed E-state index contributed by atoms with van der Waals surface area (Å²) in [5, 5.41) is 5.10. The summed E-state index contributed by atoms with van der Waals surface area (Å²) in [5.74, 6) is 0.455. The zero-order chi connectivity index (χ0) is 23.7. The van der Waals surface area contributed by atoms with Gasteiger partial charge in [0.05, 0.1) is 16.9 Å². The van der Waals surface area contributed by atoms with Gasteiger partial charge in [-0.15, -0.1) is 29.3 Å². The number of amides is 1. The molecule has 4 rings (SSSR count). The zero-order valence-corrected chi connectivity index (χ0v) is 21.4. The minimum absolute atomic E-state index is 0.0514. The standard InChI is InChI=1S/C24H24N4O2S3/c1-6-8-27-22(30)21-19(7-9-31-21)26-23(27)32-12-18-13-33-24(25-18)28(17(5)29)20-15(3)10-14(2)11-16(20)4/h6-7,9-11,13H,1,8,12H2,2-5H3. The van der Waals surface area contributed by atoms with Crippen LogP contribution in [0.5, 0.6) is 0 Å². The third-order valence-electron chi connectivity index (χ3n) is 5.10. The normalized spacial score (nSPS) is 11.2. The minimum Gasteiger partial charge on any atom is -0.282 e. The first-order chi connectivity index (χ1) is 15.8. The number of carbonyl (C=O) groups is 1. The van der Waals surface area contributed by atoms with Crippen LogP contribution in [0.2, 0.25) is 0 Å². The molecular formula is C24H24N4O2S3. The summed E-state index contributed by atoms with van der Waals surface area (Å²) in [7, 11) is 0. The van der Waals surface area contributed by atoms with Gasteiger partial charge in [-0.3, -0.25) is 19.1 Å². The maximum absolute atomic E-state index is 12.8. The second-order valence-electron chi connectivity index (χ2n) is 7.75. The lowest BCUT2D eigenvalue weighted by atomic mass is 10.0. The molecule has 1 amide bonds. The third kappa shape index (κ3) is 4.66. The molecule has 0 N–H and O–H groups in total. The molecule has 0 aliphatic rings. The van der Waals surface area contributed by atoms with Crippen molar-refractivity contribution in [2.24, 2.45) is 0 Å². The van der Waals surface area contributed by atoms with Crippen molar-refractivity contribution in [1.29, 1.82) is 0 Å². The predicted octanol–water partition coefficient (Wildman–Crippen LogP) is 6.00. The summed E-state index contributed by atoms with van der Waals surface area (Å²) in [5.41, 5.74) is 5.61. The summed E-state index contributed by atoms with van der Waals surface area (Å²) in [6.45, 7) is 11.8. The topological polar surface area (TPSA) is 68.1 Å². The van der Waals surface area contributed by atoms with Crippen LogP contribution >= 0.6 is 34.4 Å². The van der Waals surface area contributed by atoms with Gasteiger partial charge < -0.3 is 0 Å². The molecular weight excluding hydrogens is 472 g/mol. The number of nitrogens with zero attached hydrogens (tertiary/aromatic N) is 4. The Kier molecular flexibility index (Phi) is 6.83. The average molecular weight is 497 g/mol. The van der Waals surface area contributed by atoms with Crippen molar-refractivity contribution in [1.82, 2.24) is 14.5 Å². The van der Waals surface area contributed by atoms with Gasteiger partial charge in [0.1, 0.15) is 4.70 Å². The highest BCUT2D eigenvalue weighted by molar-refractivity contribution is 7.98. The lowest BCUT2D eigenvalue weighted by Crippen LogP contribution is -2.24. The lowest BCUT2D eigenvalue weighted by Gasteiger charge is -2.23. The van der Waals surface area contributed by atoms with Crippen LogP contribution < -0.4 is 10.5 Å². The SMILES string of the molecule is C=CCn1c(SCc2csc(N(C(C)=O)c3c(C)cc(C)cc3C)n2)nc2ccsc2c1=O. The quantitative estimate of drug-likeness (QED) is 0.178. The van der Waals surface area contributed by atoms with E-state index in [1.54, 1.807) is 22.5 Å². The monoisotopic (exact) mass is 496 g/mol. The predicted molar refractivity (Wildman–Crippen MR) is 139 cm³/mol. The van der Waals surface area contributed by atoms with Crippen molar-refractivity contribution in [2.45, 2.75) is 45.1 Å². The average Bonchev–Trinajstić information content (AvgIpc) is 3.40. The molecule has 0 fully saturated rings. The molecule has 4 aromatic rings. The van der Waals surface area contributed by atoms with Gasteiger partial charge in [0.25, 0.3) is 5.56 Å². The number of hydrogen-bond donors (Lipinski definition) is 0. The maximum atomic E-state index is 12.8. The van der Waals surface area contributed by atoms with E-state index in [9.17, 15) is 9.59 Å². The van der Waals surface area contributed by atoms with Crippen LogP contribution in [0, 0.1) is 20.8 Å². The highest BCUT2D eigenvalue weighted by atomic mass is 32.2. The number of allylic oxidation sites excluding steroid dienone is 1. The lowest BCUT2D eigenvalue weighted by molar-refractivity contribution is -0.115. The molecule has 6 nitrogen and oxygen atoms in total. The number of aromatic nitrogens is 3. The van der Waals surface area contributed by atoms with Crippen LogP contribution in [0.25, 0.3) is 10.2 Å². The maximum Gasteiger partial charge on any atom is 0.272 e. The molecule has 3 aromatic heterocycles. The van der Waals surface area contributed by atoms with E-state index in [1.807, 2.05) is 37.6 Å². The molecule has 0 aliphatic carbocycles. The summed E-state index contributed by atoms with van der Waals surface area (Å²) in [6, 6.07) is 6.02. The molecule has 0 unspecified atom stereocenters. The number of thiophene rings is 1. The van der Waals surface area contributed by atoms with E-state index in [-0.39, 0.29) is 11.5 Å². The summed E-state index contributed by atoms with van der Waals surface area (Å²) in [4.78, 5) is 36.6. The third-order valence-corrected chi connectivity index (χ3v) is 7.87. The Bertz CT molecular complexity index is 1390.